The number of halogens is 1. The second kappa shape index (κ2) is 6.85. The molecule has 0 aliphatic carbocycles. The van der Waals surface area contributed by atoms with Crippen molar-refractivity contribution in [3.8, 4) is 5.75 Å². The lowest BCUT2D eigenvalue weighted by Gasteiger charge is -2.07. The van der Waals surface area contributed by atoms with Gasteiger partial charge in [-0.05, 0) is 25.0 Å². The molecule has 0 bridgehead atoms. The molecule has 1 aromatic carbocycles. The average Bonchev–Trinajstić information content (AvgIpc) is 2.30. The van der Waals surface area contributed by atoms with E-state index in [1.54, 1.807) is 7.11 Å². The molecule has 2 N–H and O–H groups in total. The van der Waals surface area contributed by atoms with Gasteiger partial charge in [0.15, 0.2) is 5.82 Å². The zero-order valence-electron chi connectivity index (χ0n) is 9.70. The van der Waals surface area contributed by atoms with Gasteiger partial charge < -0.3 is 15.2 Å². The normalized spacial score (nSPS) is 10.2. The third-order valence-corrected chi connectivity index (χ3v) is 2.26. The molecule has 94 valence electrons. The molecule has 0 fully saturated rings. The van der Waals surface area contributed by atoms with Gasteiger partial charge >= 0.3 is 0 Å². The van der Waals surface area contributed by atoms with Gasteiger partial charge in [-0.3, -0.25) is 4.79 Å². The van der Waals surface area contributed by atoms with E-state index >= 15 is 0 Å². The van der Waals surface area contributed by atoms with E-state index < -0.39 is 5.82 Å². The number of hydrogen-bond acceptors (Lipinski definition) is 3. The second-order valence-electron chi connectivity index (χ2n) is 3.63. The number of carbonyl (C=O) groups excluding carboxylic acids is 1. The van der Waals surface area contributed by atoms with E-state index in [2.05, 4.69) is 5.32 Å². The van der Waals surface area contributed by atoms with E-state index in [1.807, 2.05) is 0 Å². The van der Waals surface area contributed by atoms with E-state index in [-0.39, 0.29) is 23.8 Å². The zero-order valence-corrected chi connectivity index (χ0v) is 9.70. The predicted molar refractivity (Wildman–Crippen MR) is 62.4 cm³/mol. The topological polar surface area (TPSA) is 58.6 Å². The molecule has 0 heterocycles. The van der Waals surface area contributed by atoms with E-state index in [0.29, 0.717) is 13.0 Å². The van der Waals surface area contributed by atoms with Crippen LogP contribution in [0, 0.1) is 5.82 Å². The molecule has 0 spiro atoms. The number of phenols is 1. The molecular formula is C12H16FNO3. The summed E-state index contributed by atoms with van der Waals surface area (Å²) in [7, 11) is 1.59. The lowest BCUT2D eigenvalue weighted by atomic mass is 10.2. The van der Waals surface area contributed by atoms with Crippen LogP contribution in [0.3, 0.4) is 0 Å². The highest BCUT2D eigenvalue weighted by atomic mass is 19.1. The Hall–Kier alpha value is -1.62. The van der Waals surface area contributed by atoms with Crippen molar-refractivity contribution in [2.24, 2.45) is 0 Å². The first-order valence-electron chi connectivity index (χ1n) is 5.41. The molecule has 0 aliphatic rings. The van der Waals surface area contributed by atoms with Crippen LogP contribution in [-0.2, 0) is 9.53 Å². The molecule has 17 heavy (non-hydrogen) atoms. The maximum absolute atomic E-state index is 13.3. The molecule has 0 saturated carbocycles. The number of ether oxygens (including phenoxy) is 1. The Morgan fingerprint density at radius 1 is 1.47 bits per heavy atom. The summed E-state index contributed by atoms with van der Waals surface area (Å²) in [5.74, 6) is -1.23. The fraction of sp³-hybridized carbons (Fsp3) is 0.417. The van der Waals surface area contributed by atoms with Crippen LogP contribution in [-0.4, -0.2) is 24.7 Å². The summed E-state index contributed by atoms with van der Waals surface area (Å²) in [6.07, 6.45) is 1.71. The van der Waals surface area contributed by atoms with Gasteiger partial charge in [0.05, 0.1) is 0 Å². The van der Waals surface area contributed by atoms with Gasteiger partial charge in [-0.1, -0.05) is 6.07 Å². The SMILES string of the molecule is COCCCCC(=O)Nc1c(O)cccc1F. The van der Waals surface area contributed by atoms with E-state index in [0.717, 1.165) is 6.42 Å². The van der Waals surface area contributed by atoms with E-state index in [4.69, 9.17) is 4.74 Å². The third-order valence-electron chi connectivity index (χ3n) is 2.26. The first-order chi connectivity index (χ1) is 8.15. The van der Waals surface area contributed by atoms with Crippen LogP contribution in [0.5, 0.6) is 5.75 Å². The Morgan fingerprint density at radius 2 is 2.24 bits per heavy atom. The Labute approximate surface area is 99.4 Å². The van der Waals surface area contributed by atoms with Crippen molar-refractivity contribution in [1.29, 1.82) is 0 Å². The van der Waals surface area contributed by atoms with Crippen molar-refractivity contribution in [3.05, 3.63) is 24.0 Å². The third kappa shape index (κ3) is 4.40. The molecule has 0 unspecified atom stereocenters. The highest BCUT2D eigenvalue weighted by molar-refractivity contribution is 5.92. The Morgan fingerprint density at radius 3 is 2.88 bits per heavy atom. The summed E-state index contributed by atoms with van der Waals surface area (Å²) in [6.45, 7) is 0.595. The van der Waals surface area contributed by atoms with Gasteiger partial charge in [0.25, 0.3) is 0 Å². The van der Waals surface area contributed by atoms with Gasteiger partial charge in [-0.15, -0.1) is 0 Å². The van der Waals surface area contributed by atoms with Gasteiger partial charge in [0.2, 0.25) is 5.91 Å². The maximum Gasteiger partial charge on any atom is 0.224 e. The van der Waals surface area contributed by atoms with Crippen molar-refractivity contribution in [2.45, 2.75) is 19.3 Å². The van der Waals surface area contributed by atoms with Gasteiger partial charge in [-0.25, -0.2) is 4.39 Å². The highest BCUT2D eigenvalue weighted by Crippen LogP contribution is 2.25. The molecule has 0 aliphatic heterocycles. The summed E-state index contributed by atoms with van der Waals surface area (Å²) in [5, 5.41) is 11.7. The van der Waals surface area contributed by atoms with Gasteiger partial charge in [0, 0.05) is 20.1 Å². The minimum absolute atomic E-state index is 0.163. The standard InChI is InChI=1S/C12H16FNO3/c1-17-8-3-2-7-11(16)14-12-9(13)5-4-6-10(12)15/h4-6,15H,2-3,7-8H2,1H3,(H,14,16). The molecule has 0 radical (unpaired) electrons. The number of para-hydroxylation sites is 1. The first kappa shape index (κ1) is 13.4. The van der Waals surface area contributed by atoms with Crippen molar-refractivity contribution in [3.63, 3.8) is 0 Å². The summed E-state index contributed by atoms with van der Waals surface area (Å²) in [5.41, 5.74) is -0.163. The summed E-state index contributed by atoms with van der Waals surface area (Å²) >= 11 is 0. The number of anilines is 1. The number of phenolic OH excluding ortho intramolecular Hbond substituents is 1. The highest BCUT2D eigenvalue weighted by Gasteiger charge is 2.10. The first-order valence-corrected chi connectivity index (χ1v) is 5.41. The van der Waals surface area contributed by atoms with Crippen LogP contribution < -0.4 is 5.32 Å². The number of benzene rings is 1. The van der Waals surface area contributed by atoms with Crippen LogP contribution in [0.4, 0.5) is 10.1 Å². The van der Waals surface area contributed by atoms with Crippen LogP contribution in [0.15, 0.2) is 18.2 Å². The van der Waals surface area contributed by atoms with Crippen LogP contribution in [0.1, 0.15) is 19.3 Å². The zero-order chi connectivity index (χ0) is 12.7. The number of nitrogens with one attached hydrogen (secondary N) is 1. The molecule has 1 rings (SSSR count). The number of aromatic hydroxyl groups is 1. The molecule has 4 nitrogen and oxygen atoms in total. The Balaban J connectivity index is 2.45. The molecule has 1 aromatic rings. The van der Waals surface area contributed by atoms with E-state index in [9.17, 15) is 14.3 Å². The number of amides is 1. The lowest BCUT2D eigenvalue weighted by molar-refractivity contribution is -0.116. The van der Waals surface area contributed by atoms with Crippen LogP contribution in [0.25, 0.3) is 0 Å². The van der Waals surface area contributed by atoms with Crippen molar-refractivity contribution in [2.75, 3.05) is 19.0 Å². The molecule has 1 amide bonds. The quantitative estimate of drug-likeness (QED) is 0.593. The monoisotopic (exact) mass is 241 g/mol. The fourth-order valence-corrected chi connectivity index (χ4v) is 1.37. The van der Waals surface area contributed by atoms with E-state index in [1.165, 1.54) is 18.2 Å². The number of methoxy groups -OCH3 is 1. The molecule has 0 atom stereocenters. The van der Waals surface area contributed by atoms with Crippen molar-refractivity contribution in [1.82, 2.24) is 0 Å². The Kier molecular flexibility index (Phi) is 5.42. The number of unbranched alkanes of at least 4 members (excludes halogenated alkanes) is 1. The van der Waals surface area contributed by atoms with Crippen LogP contribution >= 0.6 is 0 Å². The largest absolute Gasteiger partial charge is 0.506 e. The predicted octanol–water partition coefficient (Wildman–Crippen LogP) is 2.29. The number of hydrogen-bond donors (Lipinski definition) is 2. The van der Waals surface area contributed by atoms with Crippen LogP contribution in [0.2, 0.25) is 0 Å². The van der Waals surface area contributed by atoms with Gasteiger partial charge in [-0.2, -0.15) is 0 Å². The van der Waals surface area contributed by atoms with Crippen molar-refractivity contribution < 1.29 is 19.0 Å². The van der Waals surface area contributed by atoms with Gasteiger partial charge in [0.1, 0.15) is 11.4 Å². The molecule has 0 aromatic heterocycles. The molecular weight excluding hydrogens is 225 g/mol. The fourth-order valence-electron chi connectivity index (χ4n) is 1.37. The second-order valence-corrected chi connectivity index (χ2v) is 3.63. The average molecular weight is 241 g/mol. The summed E-state index contributed by atoms with van der Waals surface area (Å²) in [4.78, 5) is 11.5. The molecule has 0 saturated heterocycles. The molecule has 5 heteroatoms. The maximum atomic E-state index is 13.3. The summed E-state index contributed by atoms with van der Waals surface area (Å²) in [6, 6.07) is 3.88. The minimum Gasteiger partial charge on any atom is -0.506 e. The lowest BCUT2D eigenvalue weighted by Crippen LogP contribution is -2.12. The number of carbonyl (C=O) groups is 1. The summed E-state index contributed by atoms with van der Waals surface area (Å²) < 4.78 is 18.1. The Bertz CT molecular complexity index is 362. The smallest absolute Gasteiger partial charge is 0.224 e. The number of rotatable bonds is 6. The van der Waals surface area contributed by atoms with Crippen molar-refractivity contribution >= 4 is 11.6 Å². The minimum atomic E-state index is -0.643.